The van der Waals surface area contributed by atoms with Crippen LogP contribution in [0.1, 0.15) is 24.8 Å². The fraction of sp³-hybridized carbons (Fsp3) is 0.667. The second-order valence-electron chi connectivity index (χ2n) is 8.21. The molecule has 27 heavy (non-hydrogen) atoms. The highest BCUT2D eigenvalue weighted by Crippen LogP contribution is 2.48. The van der Waals surface area contributed by atoms with E-state index >= 15 is 0 Å². The number of nitrogens with one attached hydrogen (secondary N) is 1. The van der Waals surface area contributed by atoms with Crippen molar-refractivity contribution in [3.05, 3.63) is 34.3 Å². The molecule has 0 spiro atoms. The molecular formula is C21H31BrN4O. The Morgan fingerprint density at radius 2 is 2.11 bits per heavy atom. The number of guanidine groups is 1. The summed E-state index contributed by atoms with van der Waals surface area (Å²) in [7, 11) is 1.91. The van der Waals surface area contributed by atoms with Crippen molar-refractivity contribution >= 4 is 21.9 Å². The lowest BCUT2D eigenvalue weighted by Crippen LogP contribution is -2.44. The zero-order valence-corrected chi connectivity index (χ0v) is 17.9. The maximum absolute atomic E-state index is 5.47. The van der Waals surface area contributed by atoms with E-state index in [0.29, 0.717) is 0 Å². The normalized spacial score (nSPS) is 25.6. The van der Waals surface area contributed by atoms with Crippen molar-refractivity contribution in [2.24, 2.45) is 10.9 Å². The summed E-state index contributed by atoms with van der Waals surface area (Å²) in [6.45, 7) is 8.32. The molecule has 3 aliphatic rings. The van der Waals surface area contributed by atoms with Gasteiger partial charge in [-0.1, -0.05) is 28.1 Å². The highest BCUT2D eigenvalue weighted by Gasteiger charge is 2.44. The Bertz CT molecular complexity index is 670. The molecule has 1 aliphatic carbocycles. The van der Waals surface area contributed by atoms with Gasteiger partial charge in [0.15, 0.2) is 5.96 Å². The molecule has 1 aromatic rings. The Morgan fingerprint density at radius 3 is 2.81 bits per heavy atom. The minimum Gasteiger partial charge on any atom is -0.379 e. The first-order valence-electron chi connectivity index (χ1n) is 10.2. The van der Waals surface area contributed by atoms with Gasteiger partial charge >= 0.3 is 0 Å². The van der Waals surface area contributed by atoms with E-state index in [1.54, 1.807) is 0 Å². The van der Waals surface area contributed by atoms with Crippen LogP contribution in [-0.4, -0.2) is 75.3 Å². The van der Waals surface area contributed by atoms with Crippen molar-refractivity contribution in [1.82, 2.24) is 15.1 Å². The SMILES string of the molecule is CN=C(NCC1(c2cccc(Br)c2)CC1)N1CCC(CN2CCOCC2)C1. The quantitative estimate of drug-likeness (QED) is 0.571. The fourth-order valence-corrected chi connectivity index (χ4v) is 4.84. The van der Waals surface area contributed by atoms with E-state index in [1.807, 2.05) is 7.05 Å². The molecule has 4 rings (SSSR count). The molecule has 1 atom stereocenters. The van der Waals surface area contributed by atoms with Gasteiger partial charge in [0.25, 0.3) is 0 Å². The highest BCUT2D eigenvalue weighted by molar-refractivity contribution is 9.10. The average Bonchev–Trinajstić information content (AvgIpc) is 3.35. The van der Waals surface area contributed by atoms with Gasteiger partial charge in [0.1, 0.15) is 0 Å². The molecule has 1 saturated carbocycles. The Labute approximate surface area is 171 Å². The zero-order valence-electron chi connectivity index (χ0n) is 16.3. The van der Waals surface area contributed by atoms with Gasteiger partial charge in [-0.05, 0) is 42.9 Å². The smallest absolute Gasteiger partial charge is 0.193 e. The largest absolute Gasteiger partial charge is 0.379 e. The maximum Gasteiger partial charge on any atom is 0.193 e. The number of hydrogen-bond acceptors (Lipinski definition) is 3. The van der Waals surface area contributed by atoms with Crippen molar-refractivity contribution in [2.45, 2.75) is 24.7 Å². The molecule has 2 saturated heterocycles. The summed E-state index contributed by atoms with van der Waals surface area (Å²) < 4.78 is 6.64. The second-order valence-corrected chi connectivity index (χ2v) is 9.12. The van der Waals surface area contributed by atoms with Gasteiger partial charge in [-0.15, -0.1) is 0 Å². The van der Waals surface area contributed by atoms with Crippen molar-refractivity contribution < 1.29 is 4.74 Å². The van der Waals surface area contributed by atoms with Crippen LogP contribution in [0.25, 0.3) is 0 Å². The molecule has 2 aliphatic heterocycles. The lowest BCUT2D eigenvalue weighted by molar-refractivity contribution is 0.0315. The Balaban J connectivity index is 1.30. The van der Waals surface area contributed by atoms with Crippen molar-refractivity contribution in [2.75, 3.05) is 59.5 Å². The summed E-state index contributed by atoms with van der Waals surface area (Å²) in [6.07, 6.45) is 3.77. The highest BCUT2D eigenvalue weighted by atomic mass is 79.9. The number of ether oxygens (including phenoxy) is 1. The maximum atomic E-state index is 5.47. The van der Waals surface area contributed by atoms with Gasteiger partial charge in [0.2, 0.25) is 0 Å². The van der Waals surface area contributed by atoms with Crippen LogP contribution in [0.2, 0.25) is 0 Å². The zero-order chi connectivity index (χ0) is 18.7. The fourth-order valence-electron chi connectivity index (χ4n) is 4.44. The van der Waals surface area contributed by atoms with Crippen LogP contribution in [0, 0.1) is 5.92 Å². The number of benzene rings is 1. The first kappa shape index (κ1) is 19.2. The third kappa shape index (κ3) is 4.66. The van der Waals surface area contributed by atoms with Crippen LogP contribution in [0.4, 0.5) is 0 Å². The standard InChI is InChI=1S/C21H31BrN4O/c1-23-20(24-16-21(6-7-21)18-3-2-4-19(22)13-18)26-8-5-17(15-26)14-25-9-11-27-12-10-25/h2-4,13,17H,5-12,14-16H2,1H3,(H,23,24). The number of hydrogen-bond donors (Lipinski definition) is 1. The Kier molecular flexibility index (Phi) is 6.05. The lowest BCUT2D eigenvalue weighted by Gasteiger charge is -2.29. The van der Waals surface area contributed by atoms with E-state index in [0.717, 1.165) is 57.8 Å². The molecule has 1 N–H and O–H groups in total. The Morgan fingerprint density at radius 1 is 1.30 bits per heavy atom. The van der Waals surface area contributed by atoms with E-state index in [1.165, 1.54) is 35.8 Å². The molecule has 1 aromatic carbocycles. The van der Waals surface area contributed by atoms with Gasteiger partial charge in [-0.3, -0.25) is 9.89 Å². The molecule has 2 heterocycles. The average molecular weight is 435 g/mol. The van der Waals surface area contributed by atoms with Crippen LogP contribution in [0.15, 0.2) is 33.7 Å². The van der Waals surface area contributed by atoms with E-state index in [-0.39, 0.29) is 5.41 Å². The van der Waals surface area contributed by atoms with Gasteiger partial charge in [0, 0.05) is 56.2 Å². The predicted octanol–water partition coefficient (Wildman–Crippen LogP) is 2.71. The summed E-state index contributed by atoms with van der Waals surface area (Å²) in [4.78, 5) is 9.58. The number of halogens is 1. The van der Waals surface area contributed by atoms with E-state index in [4.69, 9.17) is 4.74 Å². The molecule has 0 aromatic heterocycles. The van der Waals surface area contributed by atoms with Crippen molar-refractivity contribution in [1.29, 1.82) is 0 Å². The first-order valence-corrected chi connectivity index (χ1v) is 11.0. The van der Waals surface area contributed by atoms with E-state index in [2.05, 4.69) is 60.3 Å². The molecule has 0 bridgehead atoms. The van der Waals surface area contributed by atoms with Gasteiger partial charge < -0.3 is 15.0 Å². The summed E-state index contributed by atoms with van der Waals surface area (Å²) in [5, 5.41) is 3.68. The van der Waals surface area contributed by atoms with Gasteiger partial charge in [-0.25, -0.2) is 0 Å². The van der Waals surface area contributed by atoms with Gasteiger partial charge in [-0.2, -0.15) is 0 Å². The van der Waals surface area contributed by atoms with E-state index in [9.17, 15) is 0 Å². The number of nitrogens with zero attached hydrogens (tertiary/aromatic N) is 3. The second kappa shape index (κ2) is 8.50. The van der Waals surface area contributed by atoms with Crippen molar-refractivity contribution in [3.8, 4) is 0 Å². The van der Waals surface area contributed by atoms with Crippen LogP contribution in [0.3, 0.4) is 0 Å². The van der Waals surface area contributed by atoms with Crippen LogP contribution >= 0.6 is 15.9 Å². The first-order chi connectivity index (χ1) is 13.2. The number of rotatable bonds is 5. The third-order valence-corrected chi connectivity index (χ3v) is 6.79. The molecule has 5 nitrogen and oxygen atoms in total. The molecule has 148 valence electrons. The molecule has 0 radical (unpaired) electrons. The minimum absolute atomic E-state index is 0.284. The molecular weight excluding hydrogens is 404 g/mol. The summed E-state index contributed by atoms with van der Waals surface area (Å²) in [6, 6.07) is 8.78. The van der Waals surface area contributed by atoms with Crippen LogP contribution in [-0.2, 0) is 10.2 Å². The number of likely N-dealkylation sites (tertiary alicyclic amines) is 1. The lowest BCUT2D eigenvalue weighted by atomic mass is 9.96. The van der Waals surface area contributed by atoms with Gasteiger partial charge in [0.05, 0.1) is 13.2 Å². The Hall–Kier alpha value is -1.11. The summed E-state index contributed by atoms with van der Waals surface area (Å²) >= 11 is 3.61. The minimum atomic E-state index is 0.284. The number of morpholine rings is 1. The van der Waals surface area contributed by atoms with E-state index < -0.39 is 0 Å². The molecule has 0 amide bonds. The van der Waals surface area contributed by atoms with Crippen LogP contribution in [0.5, 0.6) is 0 Å². The van der Waals surface area contributed by atoms with Crippen molar-refractivity contribution in [3.63, 3.8) is 0 Å². The van der Waals surface area contributed by atoms with Crippen LogP contribution < -0.4 is 5.32 Å². The predicted molar refractivity (Wildman–Crippen MR) is 113 cm³/mol. The topological polar surface area (TPSA) is 40.1 Å². The number of aliphatic imine (C=N–C) groups is 1. The third-order valence-electron chi connectivity index (χ3n) is 6.29. The monoisotopic (exact) mass is 434 g/mol. The summed E-state index contributed by atoms with van der Waals surface area (Å²) in [5.41, 5.74) is 1.72. The molecule has 3 fully saturated rings. The summed E-state index contributed by atoms with van der Waals surface area (Å²) in [5.74, 6) is 1.81. The molecule has 1 unspecified atom stereocenters. The molecule has 6 heteroatoms.